The van der Waals surface area contributed by atoms with E-state index in [0.29, 0.717) is 35.8 Å². The van der Waals surface area contributed by atoms with Crippen molar-refractivity contribution < 1.29 is 29.0 Å². The van der Waals surface area contributed by atoms with E-state index in [1.54, 1.807) is 37.3 Å². The van der Waals surface area contributed by atoms with Crippen molar-refractivity contribution in [3.8, 4) is 11.5 Å². The van der Waals surface area contributed by atoms with Gasteiger partial charge in [-0.1, -0.05) is 12.1 Å². The molecule has 2 aromatic carbocycles. The summed E-state index contributed by atoms with van der Waals surface area (Å²) < 4.78 is 12.4. The number of urea groups is 1. The number of nitrogens with one attached hydrogen (secondary N) is 1. The smallest absolute Gasteiger partial charge is 0.335 e. The van der Waals surface area contributed by atoms with Crippen LogP contribution in [-0.4, -0.2) is 41.1 Å². The van der Waals surface area contributed by atoms with E-state index in [2.05, 4.69) is 27.9 Å². The van der Waals surface area contributed by atoms with E-state index in [4.69, 9.17) is 14.6 Å². The number of hydrogen-bond acceptors (Lipinski definition) is 5. The predicted octanol–water partition coefficient (Wildman–Crippen LogP) is 3.88. The molecule has 0 saturated carbocycles. The fraction of sp³-hybridized carbons (Fsp3) is 0.227. The second-order valence-electron chi connectivity index (χ2n) is 6.59. The van der Waals surface area contributed by atoms with E-state index in [-0.39, 0.29) is 23.8 Å². The molecule has 1 saturated heterocycles. The zero-order valence-electron chi connectivity index (χ0n) is 17.0. The fourth-order valence-electron chi connectivity index (χ4n) is 3.05. The SMILES string of the molecule is CCOc1cc(/C=C2/NC(=O)N(CC)C2=O)cc(I)c1OCc1cccc(C(=O)O)c1. The Morgan fingerprint density at radius 1 is 1.19 bits per heavy atom. The van der Waals surface area contributed by atoms with Crippen LogP contribution in [0.3, 0.4) is 0 Å². The molecule has 1 fully saturated rings. The van der Waals surface area contributed by atoms with Crippen LogP contribution >= 0.6 is 22.6 Å². The average Bonchev–Trinajstić information content (AvgIpc) is 3.00. The normalized spacial score (nSPS) is 14.7. The lowest BCUT2D eigenvalue weighted by Crippen LogP contribution is -2.30. The minimum atomic E-state index is -1.00. The maximum atomic E-state index is 12.3. The fourth-order valence-corrected chi connectivity index (χ4v) is 3.83. The van der Waals surface area contributed by atoms with Crippen molar-refractivity contribution in [3.63, 3.8) is 0 Å². The second-order valence-corrected chi connectivity index (χ2v) is 7.76. The number of carboxylic acid groups (broad SMARTS) is 1. The molecule has 0 radical (unpaired) electrons. The molecule has 0 unspecified atom stereocenters. The number of rotatable bonds is 8. The van der Waals surface area contributed by atoms with Gasteiger partial charge in [0.2, 0.25) is 0 Å². The van der Waals surface area contributed by atoms with Crippen LogP contribution in [0.4, 0.5) is 4.79 Å². The Bertz CT molecular complexity index is 1070. The number of carbonyl (C=O) groups is 3. The first-order valence-electron chi connectivity index (χ1n) is 9.60. The molecule has 1 aliphatic rings. The summed E-state index contributed by atoms with van der Waals surface area (Å²) >= 11 is 2.11. The Hall–Kier alpha value is -3.08. The molecule has 31 heavy (non-hydrogen) atoms. The topological polar surface area (TPSA) is 105 Å². The van der Waals surface area contributed by atoms with E-state index in [9.17, 15) is 14.4 Å². The first kappa shape index (κ1) is 22.6. The summed E-state index contributed by atoms with van der Waals surface area (Å²) in [5.41, 5.74) is 1.77. The zero-order valence-corrected chi connectivity index (χ0v) is 19.1. The second kappa shape index (κ2) is 9.82. The van der Waals surface area contributed by atoms with Crippen LogP contribution in [0.5, 0.6) is 11.5 Å². The summed E-state index contributed by atoms with van der Waals surface area (Å²) in [5.74, 6) is -0.375. The molecule has 162 valence electrons. The number of carbonyl (C=O) groups excluding carboxylic acids is 2. The summed E-state index contributed by atoms with van der Waals surface area (Å²) in [4.78, 5) is 36.5. The van der Waals surface area contributed by atoms with Gasteiger partial charge in [-0.2, -0.15) is 0 Å². The first-order chi connectivity index (χ1) is 14.8. The van der Waals surface area contributed by atoms with Gasteiger partial charge in [0.15, 0.2) is 11.5 Å². The summed E-state index contributed by atoms with van der Waals surface area (Å²) in [6.45, 7) is 4.43. The summed E-state index contributed by atoms with van der Waals surface area (Å²) in [5, 5.41) is 11.7. The average molecular weight is 536 g/mol. The Morgan fingerprint density at radius 3 is 2.61 bits per heavy atom. The molecule has 0 aromatic heterocycles. The molecule has 1 aliphatic heterocycles. The van der Waals surface area contributed by atoms with Gasteiger partial charge in [0.25, 0.3) is 5.91 Å². The maximum absolute atomic E-state index is 12.3. The van der Waals surface area contributed by atoms with Crippen LogP contribution in [0, 0.1) is 3.57 Å². The third-order valence-electron chi connectivity index (χ3n) is 4.48. The molecule has 2 aromatic rings. The van der Waals surface area contributed by atoms with E-state index in [1.165, 1.54) is 6.07 Å². The van der Waals surface area contributed by atoms with Gasteiger partial charge in [-0.25, -0.2) is 9.59 Å². The van der Waals surface area contributed by atoms with Crippen molar-refractivity contribution in [2.75, 3.05) is 13.2 Å². The number of aromatic carboxylic acids is 1. The number of likely N-dealkylation sites (N-methyl/N-ethyl adjacent to an activating group) is 1. The van der Waals surface area contributed by atoms with Crippen molar-refractivity contribution in [1.82, 2.24) is 10.2 Å². The molecule has 1 heterocycles. The van der Waals surface area contributed by atoms with Gasteiger partial charge in [0.1, 0.15) is 12.3 Å². The maximum Gasteiger partial charge on any atom is 0.335 e. The van der Waals surface area contributed by atoms with Crippen LogP contribution in [0.2, 0.25) is 0 Å². The number of ether oxygens (including phenoxy) is 2. The van der Waals surface area contributed by atoms with Crippen LogP contribution < -0.4 is 14.8 Å². The highest BCUT2D eigenvalue weighted by Gasteiger charge is 2.32. The molecule has 0 atom stereocenters. The van der Waals surface area contributed by atoms with Crippen LogP contribution in [-0.2, 0) is 11.4 Å². The highest BCUT2D eigenvalue weighted by molar-refractivity contribution is 14.1. The monoisotopic (exact) mass is 536 g/mol. The molecule has 0 spiro atoms. The van der Waals surface area contributed by atoms with Gasteiger partial charge in [0.05, 0.1) is 15.7 Å². The minimum Gasteiger partial charge on any atom is -0.490 e. The lowest BCUT2D eigenvalue weighted by molar-refractivity contribution is -0.122. The van der Waals surface area contributed by atoms with Gasteiger partial charge >= 0.3 is 12.0 Å². The molecule has 3 amide bonds. The molecule has 2 N–H and O–H groups in total. The Kier molecular flexibility index (Phi) is 7.16. The standard InChI is InChI=1S/C22H21IN2O6/c1-3-25-20(26)17(24-22(25)29)10-14-9-16(23)19(18(11-14)30-4-2)31-12-13-6-5-7-15(8-13)21(27)28/h5-11H,3-4,12H2,1-2H3,(H,24,29)(H,27,28)/b17-10+. The van der Waals surface area contributed by atoms with Gasteiger partial charge in [0, 0.05) is 6.54 Å². The number of imide groups is 1. The lowest BCUT2D eigenvalue weighted by atomic mass is 10.1. The summed E-state index contributed by atoms with van der Waals surface area (Å²) in [7, 11) is 0. The van der Waals surface area contributed by atoms with E-state index >= 15 is 0 Å². The lowest BCUT2D eigenvalue weighted by Gasteiger charge is -2.15. The van der Waals surface area contributed by atoms with Gasteiger partial charge in [-0.3, -0.25) is 9.69 Å². The van der Waals surface area contributed by atoms with Crippen molar-refractivity contribution in [1.29, 1.82) is 0 Å². The summed E-state index contributed by atoms with van der Waals surface area (Å²) in [6.07, 6.45) is 1.60. The number of nitrogens with zero attached hydrogens (tertiary/aromatic N) is 1. The van der Waals surface area contributed by atoms with E-state index < -0.39 is 12.0 Å². The number of hydrogen-bond donors (Lipinski definition) is 2. The number of carboxylic acids is 1. The van der Waals surface area contributed by atoms with Crippen LogP contribution in [0.1, 0.15) is 35.3 Å². The van der Waals surface area contributed by atoms with Gasteiger partial charge < -0.3 is 19.9 Å². The number of benzene rings is 2. The third-order valence-corrected chi connectivity index (χ3v) is 5.28. The van der Waals surface area contributed by atoms with Crippen LogP contribution in [0.15, 0.2) is 42.1 Å². The van der Waals surface area contributed by atoms with Crippen molar-refractivity contribution in [2.45, 2.75) is 20.5 Å². The largest absolute Gasteiger partial charge is 0.490 e. The van der Waals surface area contributed by atoms with Gasteiger partial charge in [-0.05, 0) is 77.9 Å². The number of amides is 3. The van der Waals surface area contributed by atoms with Crippen molar-refractivity contribution in [2.24, 2.45) is 0 Å². The minimum absolute atomic E-state index is 0.164. The Morgan fingerprint density at radius 2 is 1.97 bits per heavy atom. The Labute approximate surface area is 193 Å². The molecule has 8 nitrogen and oxygen atoms in total. The molecular formula is C22H21IN2O6. The molecular weight excluding hydrogens is 515 g/mol. The quantitative estimate of drug-likeness (QED) is 0.302. The van der Waals surface area contributed by atoms with Crippen LogP contribution in [0.25, 0.3) is 6.08 Å². The Balaban J connectivity index is 1.86. The van der Waals surface area contributed by atoms with Crippen molar-refractivity contribution in [3.05, 3.63) is 62.4 Å². The third kappa shape index (κ3) is 5.16. The van der Waals surface area contributed by atoms with E-state index in [1.807, 2.05) is 13.0 Å². The summed E-state index contributed by atoms with van der Waals surface area (Å²) in [6, 6.07) is 9.63. The molecule has 0 aliphatic carbocycles. The van der Waals surface area contributed by atoms with Crippen molar-refractivity contribution >= 4 is 46.6 Å². The van der Waals surface area contributed by atoms with Gasteiger partial charge in [-0.15, -0.1) is 0 Å². The van der Waals surface area contributed by atoms with E-state index in [0.717, 1.165) is 8.47 Å². The number of halogens is 1. The molecule has 3 rings (SSSR count). The zero-order chi connectivity index (χ0) is 22.5. The highest BCUT2D eigenvalue weighted by Crippen LogP contribution is 2.35. The first-order valence-corrected chi connectivity index (χ1v) is 10.7. The molecule has 9 heteroatoms. The molecule has 0 bridgehead atoms. The highest BCUT2D eigenvalue weighted by atomic mass is 127. The predicted molar refractivity (Wildman–Crippen MR) is 122 cm³/mol.